The lowest BCUT2D eigenvalue weighted by molar-refractivity contribution is -0.137. The Kier molecular flexibility index (Phi) is 4.22. The normalized spacial score (nSPS) is 13.0. The minimum absolute atomic E-state index is 0.0300. The lowest BCUT2D eigenvalue weighted by Crippen LogP contribution is -2.18. The molecule has 0 saturated heterocycles. The molecule has 0 fully saturated rings. The molecular weight excluding hydrogens is 281 g/mol. The molecule has 0 atom stereocenters. The summed E-state index contributed by atoms with van der Waals surface area (Å²) in [6.45, 7) is 4.76. The van der Waals surface area contributed by atoms with Crippen LogP contribution in [0.15, 0.2) is 18.3 Å². The fourth-order valence-electron chi connectivity index (χ4n) is 2.24. The van der Waals surface area contributed by atoms with E-state index in [1.807, 2.05) is 0 Å². The summed E-state index contributed by atoms with van der Waals surface area (Å²) in [6.07, 6.45) is -1.09. The summed E-state index contributed by atoms with van der Waals surface area (Å²) >= 11 is 0. The maximum absolute atomic E-state index is 12.8. The molecule has 7 heteroatoms. The number of halogens is 3. The third-order valence-corrected chi connectivity index (χ3v) is 3.65. The molecule has 2 N–H and O–H groups in total. The molecule has 0 bridgehead atoms. The number of hydrogen-bond donors (Lipinski definition) is 1. The van der Waals surface area contributed by atoms with Gasteiger partial charge >= 0.3 is 6.18 Å². The van der Waals surface area contributed by atoms with Gasteiger partial charge in [-0.3, -0.25) is 4.40 Å². The van der Waals surface area contributed by atoms with Gasteiger partial charge in [0.15, 0.2) is 5.65 Å². The smallest absolute Gasteiger partial charge is 0.330 e. The van der Waals surface area contributed by atoms with Crippen LogP contribution < -0.4 is 5.73 Å². The Morgan fingerprint density at radius 1 is 1.14 bits per heavy atom. The van der Waals surface area contributed by atoms with Crippen LogP contribution in [-0.2, 0) is 12.6 Å². The van der Waals surface area contributed by atoms with Crippen LogP contribution in [0.4, 0.5) is 13.2 Å². The minimum atomic E-state index is -4.37. The highest BCUT2D eigenvalue weighted by molar-refractivity contribution is 5.40. The van der Waals surface area contributed by atoms with Crippen molar-refractivity contribution in [1.29, 1.82) is 0 Å². The molecule has 0 unspecified atom stereocenters. The number of nitrogens with two attached hydrogens (primary N) is 1. The maximum atomic E-state index is 12.8. The molecule has 2 aromatic heterocycles. The Balaban J connectivity index is 2.24. The molecule has 2 aromatic rings. The highest BCUT2D eigenvalue weighted by atomic mass is 19.4. The fourth-order valence-corrected chi connectivity index (χ4v) is 2.24. The number of nitrogens with zero attached hydrogens (tertiary/aromatic N) is 3. The van der Waals surface area contributed by atoms with E-state index in [9.17, 15) is 13.2 Å². The monoisotopic (exact) mass is 300 g/mol. The maximum Gasteiger partial charge on any atom is 0.417 e. The van der Waals surface area contributed by atoms with Crippen molar-refractivity contribution in [2.45, 2.75) is 39.3 Å². The average molecular weight is 300 g/mol. The van der Waals surface area contributed by atoms with Crippen LogP contribution in [-0.4, -0.2) is 21.1 Å². The predicted molar refractivity (Wildman–Crippen MR) is 73.8 cm³/mol. The van der Waals surface area contributed by atoms with E-state index < -0.39 is 11.7 Å². The first-order chi connectivity index (χ1) is 9.73. The molecule has 0 saturated carbocycles. The van der Waals surface area contributed by atoms with Crippen LogP contribution in [0.2, 0.25) is 0 Å². The van der Waals surface area contributed by atoms with Crippen LogP contribution >= 0.6 is 0 Å². The minimum Gasteiger partial charge on any atom is -0.330 e. The van der Waals surface area contributed by atoms with Gasteiger partial charge < -0.3 is 5.73 Å². The third kappa shape index (κ3) is 3.72. The Labute approximate surface area is 121 Å². The summed E-state index contributed by atoms with van der Waals surface area (Å²) in [7, 11) is 0. The molecule has 0 aliphatic rings. The van der Waals surface area contributed by atoms with Crippen LogP contribution in [0.25, 0.3) is 5.65 Å². The number of alkyl halides is 3. The van der Waals surface area contributed by atoms with Crippen LogP contribution in [0.5, 0.6) is 0 Å². The second-order valence-corrected chi connectivity index (χ2v) is 5.96. The molecular formula is C14H19F3N4. The van der Waals surface area contributed by atoms with Gasteiger partial charge in [-0.1, -0.05) is 13.8 Å². The SMILES string of the molecule is CC(C)(CCN)CCc1nnc2ccc(C(F)(F)F)cn12. The quantitative estimate of drug-likeness (QED) is 0.923. The van der Waals surface area contributed by atoms with Gasteiger partial charge in [0.2, 0.25) is 0 Å². The number of hydrogen-bond acceptors (Lipinski definition) is 3. The highest BCUT2D eigenvalue weighted by Crippen LogP contribution is 2.30. The molecule has 0 radical (unpaired) electrons. The predicted octanol–water partition coefficient (Wildman–Crippen LogP) is 3.06. The molecule has 4 nitrogen and oxygen atoms in total. The number of fused-ring (bicyclic) bond motifs is 1. The van der Waals surface area contributed by atoms with Gasteiger partial charge in [0.1, 0.15) is 5.82 Å². The number of pyridine rings is 1. The highest BCUT2D eigenvalue weighted by Gasteiger charge is 2.31. The molecule has 2 rings (SSSR count). The van der Waals surface area contributed by atoms with E-state index in [1.165, 1.54) is 10.5 Å². The van der Waals surface area contributed by atoms with Crippen LogP contribution in [0.1, 0.15) is 38.1 Å². The van der Waals surface area contributed by atoms with Gasteiger partial charge in [-0.15, -0.1) is 10.2 Å². The molecule has 2 heterocycles. The van der Waals surface area contributed by atoms with Crippen molar-refractivity contribution < 1.29 is 13.2 Å². The van der Waals surface area contributed by atoms with Crippen molar-refractivity contribution in [3.8, 4) is 0 Å². The van der Waals surface area contributed by atoms with E-state index in [0.29, 0.717) is 24.4 Å². The molecule has 0 aromatic carbocycles. The first-order valence-corrected chi connectivity index (χ1v) is 6.84. The zero-order valence-corrected chi connectivity index (χ0v) is 12.1. The first-order valence-electron chi connectivity index (χ1n) is 6.84. The first kappa shape index (κ1) is 15.8. The Hall–Kier alpha value is -1.63. The fraction of sp³-hybridized carbons (Fsp3) is 0.571. The number of rotatable bonds is 5. The van der Waals surface area contributed by atoms with Crippen molar-refractivity contribution in [2.75, 3.05) is 6.54 Å². The van der Waals surface area contributed by atoms with E-state index in [0.717, 1.165) is 25.1 Å². The molecule has 0 aliphatic heterocycles. The van der Waals surface area contributed by atoms with E-state index in [-0.39, 0.29) is 5.41 Å². The second kappa shape index (κ2) is 5.63. The van der Waals surface area contributed by atoms with Gasteiger partial charge in [-0.25, -0.2) is 0 Å². The summed E-state index contributed by atoms with van der Waals surface area (Å²) < 4.78 is 39.7. The van der Waals surface area contributed by atoms with E-state index in [2.05, 4.69) is 24.0 Å². The van der Waals surface area contributed by atoms with Gasteiger partial charge in [-0.2, -0.15) is 13.2 Å². The average Bonchev–Trinajstić information content (AvgIpc) is 2.77. The lowest BCUT2D eigenvalue weighted by Gasteiger charge is -2.23. The Morgan fingerprint density at radius 3 is 2.48 bits per heavy atom. The third-order valence-electron chi connectivity index (χ3n) is 3.65. The Bertz CT molecular complexity index is 616. The molecule has 0 spiro atoms. The summed E-state index contributed by atoms with van der Waals surface area (Å²) in [5.41, 5.74) is 5.32. The molecule has 21 heavy (non-hydrogen) atoms. The number of aryl methyl sites for hydroxylation is 1. The zero-order valence-electron chi connectivity index (χ0n) is 12.1. The van der Waals surface area contributed by atoms with Crippen molar-refractivity contribution in [1.82, 2.24) is 14.6 Å². The second-order valence-electron chi connectivity index (χ2n) is 5.96. The van der Waals surface area contributed by atoms with Gasteiger partial charge in [0, 0.05) is 12.6 Å². The van der Waals surface area contributed by atoms with Crippen molar-refractivity contribution in [3.05, 3.63) is 29.7 Å². The molecule has 0 amide bonds. The van der Waals surface area contributed by atoms with Gasteiger partial charge in [0.05, 0.1) is 5.56 Å². The summed E-state index contributed by atoms with van der Waals surface area (Å²) in [4.78, 5) is 0. The summed E-state index contributed by atoms with van der Waals surface area (Å²) in [5.74, 6) is 0.543. The van der Waals surface area contributed by atoms with E-state index in [1.54, 1.807) is 0 Å². The van der Waals surface area contributed by atoms with Crippen molar-refractivity contribution >= 4 is 5.65 Å². The molecule has 0 aliphatic carbocycles. The largest absolute Gasteiger partial charge is 0.417 e. The Morgan fingerprint density at radius 2 is 1.86 bits per heavy atom. The standard InChI is InChI=1S/C14H19F3N4/c1-13(2,7-8-18)6-5-12-20-19-11-4-3-10(9-21(11)12)14(15,16)17/h3-4,9H,5-8,18H2,1-2H3. The van der Waals surface area contributed by atoms with Crippen molar-refractivity contribution in [2.24, 2.45) is 11.1 Å². The van der Waals surface area contributed by atoms with E-state index >= 15 is 0 Å². The van der Waals surface area contributed by atoms with Crippen LogP contribution in [0, 0.1) is 5.41 Å². The van der Waals surface area contributed by atoms with Crippen LogP contribution in [0.3, 0.4) is 0 Å². The lowest BCUT2D eigenvalue weighted by atomic mass is 9.84. The summed E-state index contributed by atoms with van der Waals surface area (Å²) in [5, 5.41) is 7.91. The van der Waals surface area contributed by atoms with Crippen molar-refractivity contribution in [3.63, 3.8) is 0 Å². The number of aromatic nitrogens is 3. The van der Waals surface area contributed by atoms with Gasteiger partial charge in [0.25, 0.3) is 0 Å². The van der Waals surface area contributed by atoms with Gasteiger partial charge in [-0.05, 0) is 36.9 Å². The zero-order chi connectivity index (χ0) is 15.7. The molecule has 116 valence electrons. The topological polar surface area (TPSA) is 56.2 Å². The summed E-state index contributed by atoms with van der Waals surface area (Å²) in [6, 6.07) is 2.36. The van der Waals surface area contributed by atoms with E-state index in [4.69, 9.17) is 5.73 Å².